The molecule has 0 spiro atoms. The number of unbranched alkanes of at least 4 members (excludes halogenated alkanes) is 2. The quantitative estimate of drug-likeness (QED) is 0.586. The Morgan fingerprint density at radius 2 is 2.20 bits per heavy atom. The van der Waals surface area contributed by atoms with Gasteiger partial charge in [0.25, 0.3) is 0 Å². The summed E-state index contributed by atoms with van der Waals surface area (Å²) >= 11 is 0. The highest BCUT2D eigenvalue weighted by Gasteiger charge is 1.94. The molecule has 0 aliphatic rings. The molecule has 1 atom stereocenters. The second-order valence-corrected chi connectivity index (χ2v) is 2.15. The first kappa shape index (κ1) is 5.16. The van der Waals surface area contributed by atoms with E-state index in [1.54, 1.807) is 0 Å². The number of aliphatic carboxylic acids is 1. The predicted octanol–water partition coefficient (Wildman–Crippen LogP) is 2.43. The average Bonchev–Trinajstić information content (AvgIpc) is 2.04. The maximum atomic E-state index is 10.4. The molecule has 2 heteroatoms. The Kier molecular flexibility index (Phi) is 3.40. The lowest BCUT2D eigenvalue weighted by Crippen LogP contribution is -1.93. The summed E-state index contributed by atoms with van der Waals surface area (Å²) in [4.78, 5) is 10.4. The summed E-state index contributed by atoms with van der Waals surface area (Å²) in [7, 11) is 0. The summed E-state index contributed by atoms with van der Waals surface area (Å²) in [5, 5.41) is 8.47. The van der Waals surface area contributed by atoms with Crippen LogP contribution in [-0.4, -0.2) is 11.1 Å². The molecule has 0 radical (unpaired) electrons. The van der Waals surface area contributed by atoms with Crippen molar-refractivity contribution < 1.29 is 14.0 Å². The van der Waals surface area contributed by atoms with Crippen LogP contribution in [0.15, 0.2) is 0 Å². The fraction of sp³-hybridized carbons (Fsp3) is 0.875. The summed E-state index contributed by atoms with van der Waals surface area (Å²) in [5.41, 5.74) is 0. The average molecular weight is 147 g/mol. The van der Waals surface area contributed by atoms with Gasteiger partial charge in [-0.1, -0.05) is 32.6 Å². The topological polar surface area (TPSA) is 37.3 Å². The second kappa shape index (κ2) is 6.59. The number of rotatable bonds is 6. The lowest BCUT2D eigenvalue weighted by Gasteiger charge is -1.95. The van der Waals surface area contributed by atoms with Crippen LogP contribution in [-0.2, 0) is 4.79 Å². The van der Waals surface area contributed by atoms with Crippen molar-refractivity contribution in [3.8, 4) is 0 Å². The van der Waals surface area contributed by atoms with Crippen LogP contribution in [0.5, 0.6) is 0 Å². The van der Waals surface area contributed by atoms with Gasteiger partial charge in [-0.05, 0) is 6.40 Å². The van der Waals surface area contributed by atoms with Crippen LogP contribution in [0.2, 0.25) is 0 Å². The van der Waals surface area contributed by atoms with Crippen LogP contribution in [0.3, 0.4) is 0 Å². The van der Waals surface area contributed by atoms with E-state index in [1.165, 1.54) is 0 Å². The summed E-state index contributed by atoms with van der Waals surface area (Å²) in [6.45, 7) is 2.00. The smallest absolute Gasteiger partial charge is 0.303 e. The minimum Gasteiger partial charge on any atom is -0.481 e. The zero-order valence-electron chi connectivity index (χ0n) is 9.26. The monoisotopic (exact) mass is 147 g/mol. The Balaban J connectivity index is 3.94. The molecule has 0 aliphatic heterocycles. The molecule has 60 valence electrons. The molecule has 0 rings (SSSR count). The molecular weight excluding hydrogens is 128 g/mol. The molecule has 0 aromatic carbocycles. The zero-order chi connectivity index (χ0) is 10.5. The SMILES string of the molecule is [2H]C(CCCCC)C([2H])([2H])C(=O)O. The molecule has 0 amide bonds. The van der Waals surface area contributed by atoms with E-state index in [1.807, 2.05) is 6.92 Å². The largest absolute Gasteiger partial charge is 0.481 e. The number of hydrogen-bond acceptors (Lipinski definition) is 1. The molecule has 0 saturated heterocycles. The fourth-order valence-corrected chi connectivity index (χ4v) is 0.656. The van der Waals surface area contributed by atoms with E-state index in [0.29, 0.717) is 6.42 Å². The van der Waals surface area contributed by atoms with Crippen LogP contribution in [0.1, 0.15) is 49.5 Å². The minimum absolute atomic E-state index is 0.313. The Bertz CT molecular complexity index is 171. The van der Waals surface area contributed by atoms with Gasteiger partial charge >= 0.3 is 5.97 Å². The maximum absolute atomic E-state index is 10.4. The molecule has 0 saturated carbocycles. The molecule has 2 nitrogen and oxygen atoms in total. The van der Waals surface area contributed by atoms with Crippen molar-refractivity contribution in [2.45, 2.75) is 45.4 Å². The van der Waals surface area contributed by atoms with Crippen LogP contribution in [0, 0.1) is 0 Å². The van der Waals surface area contributed by atoms with Crippen molar-refractivity contribution >= 4 is 5.97 Å². The van der Waals surface area contributed by atoms with Gasteiger partial charge in [0, 0.05) is 10.5 Å². The van der Waals surface area contributed by atoms with Crippen molar-refractivity contribution in [2.24, 2.45) is 0 Å². The normalized spacial score (nSPS) is 18.7. The molecule has 0 aromatic rings. The van der Waals surface area contributed by atoms with Gasteiger partial charge < -0.3 is 5.11 Å². The van der Waals surface area contributed by atoms with E-state index >= 15 is 0 Å². The van der Waals surface area contributed by atoms with Crippen molar-refractivity contribution in [2.75, 3.05) is 0 Å². The lowest BCUT2D eigenvalue weighted by atomic mass is 10.1. The highest BCUT2D eigenvalue weighted by molar-refractivity contribution is 5.66. The van der Waals surface area contributed by atoms with E-state index in [0.717, 1.165) is 19.3 Å². The van der Waals surface area contributed by atoms with Gasteiger partial charge in [0.1, 0.15) is 0 Å². The van der Waals surface area contributed by atoms with E-state index in [-0.39, 0.29) is 0 Å². The van der Waals surface area contributed by atoms with E-state index in [9.17, 15) is 4.79 Å². The van der Waals surface area contributed by atoms with Gasteiger partial charge in [0.2, 0.25) is 0 Å². The van der Waals surface area contributed by atoms with Crippen LogP contribution < -0.4 is 0 Å². The zero-order valence-corrected chi connectivity index (χ0v) is 6.26. The number of carboxylic acid groups (broad SMARTS) is 1. The first-order valence-electron chi connectivity index (χ1n) is 5.16. The van der Waals surface area contributed by atoms with Crippen LogP contribution in [0.4, 0.5) is 0 Å². The minimum atomic E-state index is -2.41. The molecule has 1 N–H and O–H groups in total. The Hall–Kier alpha value is -0.530. The van der Waals surface area contributed by atoms with Crippen molar-refractivity contribution in [1.82, 2.24) is 0 Å². The first-order valence-corrected chi connectivity index (χ1v) is 3.58. The van der Waals surface area contributed by atoms with Crippen LogP contribution >= 0.6 is 0 Å². The van der Waals surface area contributed by atoms with E-state index < -0.39 is 18.7 Å². The van der Waals surface area contributed by atoms with Gasteiger partial charge in [0.05, 0.1) is 0 Å². The van der Waals surface area contributed by atoms with Crippen molar-refractivity contribution in [3.63, 3.8) is 0 Å². The van der Waals surface area contributed by atoms with E-state index in [4.69, 9.17) is 9.22 Å². The summed E-state index contributed by atoms with van der Waals surface area (Å²) < 4.78 is 21.5. The molecule has 1 unspecified atom stereocenters. The standard InChI is InChI=1S/C8H16O2/c1-2-3-4-5-6-7-8(9)10/h2-7H2,1H3,(H,9,10)/i6D,7D2. The molecular formula is C8H16O2. The number of carbonyl (C=O) groups is 1. The molecule has 0 heterocycles. The molecule has 0 aliphatic carbocycles. The van der Waals surface area contributed by atoms with Crippen molar-refractivity contribution in [3.05, 3.63) is 0 Å². The second-order valence-electron chi connectivity index (χ2n) is 2.15. The van der Waals surface area contributed by atoms with Gasteiger partial charge in [-0.25, -0.2) is 0 Å². The maximum Gasteiger partial charge on any atom is 0.303 e. The summed E-state index contributed by atoms with van der Waals surface area (Å²) in [6.07, 6.45) is -0.622. The van der Waals surface area contributed by atoms with Crippen molar-refractivity contribution in [1.29, 1.82) is 0 Å². The third kappa shape index (κ3) is 7.47. The molecule has 0 bridgehead atoms. The van der Waals surface area contributed by atoms with Crippen LogP contribution in [0.25, 0.3) is 0 Å². The fourth-order valence-electron chi connectivity index (χ4n) is 0.656. The van der Waals surface area contributed by atoms with E-state index in [2.05, 4.69) is 0 Å². The summed E-state index contributed by atoms with van der Waals surface area (Å²) in [6, 6.07) is 0. The highest BCUT2D eigenvalue weighted by Crippen LogP contribution is 2.04. The van der Waals surface area contributed by atoms with Gasteiger partial charge in [0.15, 0.2) is 0 Å². The Morgan fingerprint density at radius 3 is 2.70 bits per heavy atom. The number of carboxylic acids is 1. The Labute approximate surface area is 66.5 Å². The summed E-state index contributed by atoms with van der Waals surface area (Å²) in [5.74, 6) is -1.54. The number of hydrogen-bond donors (Lipinski definition) is 1. The van der Waals surface area contributed by atoms with Gasteiger partial charge in [-0.15, -0.1) is 0 Å². The predicted molar refractivity (Wildman–Crippen MR) is 41.0 cm³/mol. The third-order valence-electron chi connectivity index (χ3n) is 1.18. The van der Waals surface area contributed by atoms with Gasteiger partial charge in [-0.3, -0.25) is 4.79 Å². The van der Waals surface area contributed by atoms with Gasteiger partial charge in [-0.2, -0.15) is 0 Å². The molecule has 0 aromatic heterocycles. The highest BCUT2D eigenvalue weighted by atomic mass is 16.4. The third-order valence-corrected chi connectivity index (χ3v) is 1.18. The molecule has 0 fully saturated rings. The lowest BCUT2D eigenvalue weighted by molar-refractivity contribution is -0.137. The molecule has 10 heavy (non-hydrogen) atoms. The Morgan fingerprint density at radius 1 is 1.50 bits per heavy atom. The first-order chi connectivity index (χ1) is 5.92.